The van der Waals surface area contributed by atoms with Gasteiger partial charge >= 0.3 is 177 Å². The minimum atomic E-state index is -2.31. The third kappa shape index (κ3) is 16.7. The molecule has 6 fully saturated rings. The molecule has 32 heteroatoms. The Morgan fingerprint density at radius 3 is 0.973 bits per heavy atom. The number of fused-ring (bicyclic) bond motifs is 15. The molecule has 12 aliphatic carbocycles. The van der Waals surface area contributed by atoms with E-state index in [2.05, 4.69) is 13.8 Å². The van der Waals surface area contributed by atoms with Crippen molar-refractivity contribution >= 4 is 70.5 Å². The Kier molecular flexibility index (Phi) is 34.6. The van der Waals surface area contributed by atoms with Crippen LogP contribution in [0, 0.1) is 104 Å². The standard InChI is InChI=1S/C26H31FO8.2C26H32O8.6Na.H2O/c1-12-8-17-14-10-19(27)18-9-13(28)4-6-24(18,2)16(14)5-7-25(17,3)26(12,35)22(32)21(31)15(23(33)34)11-20(29)30;2*1-13-10-19-16-5-4-14-11-15(27)6-8-24(14,2)18(16)7-9-25(19,3)26(13,34)22(31)21(30)17(23(32)33)12-20(28)29;;;;;;;/h4-6,9,12,14-15,17,19,21,31,35H,7-8,10-11H2,1-3H3,(H,29,30)(H,33,34);2*6-8,11,13,16-17,19,21,30,34H,4-5,9-10,12H2,1-3H3,(H,28,29)(H,32,33);;;;;;;1H2/q;;;6*+1;/p-6/t12-,14?,15?,17?,19-,21?,24+,25-,26-;2*13-,16?,17?,19?,21?,24+,25+,26+;;;;;;;/m011......./s1. The monoisotopic (exact) mass is 1580 g/mol. The summed E-state index contributed by atoms with van der Waals surface area (Å²) in [5.74, 6) is -23.5. The molecule has 12 unspecified atom stereocenters. The van der Waals surface area contributed by atoms with Crippen molar-refractivity contribution < 1.29 is 306 Å². The molecular formula is C78H91FNa6O25. The SMILES string of the molecule is C[C@@H]1CC2C3CCC4=CC(=O)C=C[C@]4(C)C3=CC[C@]2(C)[C@@]1(O)C(=O)C(O)C(CC(=O)[O-])C(=O)[O-].C[C@@H]1CC2C3CCC4=CC(=O)C=C[C@]4(C)C3=CC[C@]2(C)[C@@]1(O)C(=O)C(O)C(CC(=O)[O-])C(=O)[O-].C[C@H]1CC2C3C[C@H](F)C4=CC(=O)C=C[C@]4(C)C3=CC[C@]2(C)[C@@]1(O)C(=O)C(O)C(CC(=O)[O-])C(=O)[O-].O.[Na+].[Na+].[Na+].[Na+].[Na+].[Na+]. The summed E-state index contributed by atoms with van der Waals surface area (Å²) in [6, 6.07) is 0. The average Bonchev–Trinajstić information content (AvgIpc) is 1.51. The summed E-state index contributed by atoms with van der Waals surface area (Å²) in [6.45, 7) is 16.3. The normalized spacial score (nSPS) is 38.1. The zero-order chi connectivity index (χ0) is 76.5. The molecule has 25 atom stereocenters. The number of hydrogen-bond acceptors (Lipinski definition) is 24. The van der Waals surface area contributed by atoms with Crippen molar-refractivity contribution in [3.05, 3.63) is 106 Å². The molecule has 0 amide bonds. The maximum Gasteiger partial charge on any atom is 1.00 e. The van der Waals surface area contributed by atoms with Crippen molar-refractivity contribution in [1.82, 2.24) is 0 Å². The van der Waals surface area contributed by atoms with Gasteiger partial charge in [0.15, 0.2) is 34.7 Å². The minimum absolute atomic E-state index is 0. The van der Waals surface area contributed by atoms with Gasteiger partial charge in [0.2, 0.25) is 0 Å². The summed E-state index contributed by atoms with van der Waals surface area (Å²) in [6.07, 6.45) is 14.4. The number of carboxylic acid groups (broad SMARTS) is 6. The van der Waals surface area contributed by atoms with E-state index in [9.17, 15) is 119 Å². The van der Waals surface area contributed by atoms with Crippen molar-refractivity contribution in [1.29, 1.82) is 0 Å². The Bertz CT molecular complexity index is 3860. The fraction of sp³-hybridized carbons (Fsp3) is 0.615. The van der Waals surface area contributed by atoms with Gasteiger partial charge in [-0.2, -0.15) is 0 Å². The smallest absolute Gasteiger partial charge is 0.550 e. The third-order valence-electron chi connectivity index (χ3n) is 27.7. The Hall–Kier alpha value is -1.85. The summed E-state index contributed by atoms with van der Waals surface area (Å²) in [7, 11) is 0. The van der Waals surface area contributed by atoms with E-state index in [-0.39, 0.29) is 249 Å². The van der Waals surface area contributed by atoms with Crippen LogP contribution in [-0.2, 0) is 57.5 Å². The first-order chi connectivity index (χ1) is 47.7. The molecule has 12 rings (SSSR count). The fourth-order valence-corrected chi connectivity index (χ4v) is 21.9. The molecule has 8 N–H and O–H groups in total. The van der Waals surface area contributed by atoms with Crippen LogP contribution in [0.3, 0.4) is 0 Å². The molecule has 0 aromatic heterocycles. The van der Waals surface area contributed by atoms with Crippen molar-refractivity contribution in [3.8, 4) is 0 Å². The first-order valence-corrected chi connectivity index (χ1v) is 35.4. The Labute approximate surface area is 770 Å². The van der Waals surface area contributed by atoms with E-state index in [4.69, 9.17) is 0 Å². The number of allylic oxidation sites excluding steroid dienone is 18. The first kappa shape index (κ1) is 102. The van der Waals surface area contributed by atoms with Gasteiger partial charge in [0.1, 0.15) is 41.3 Å². The van der Waals surface area contributed by atoms with Crippen molar-refractivity contribution in [2.75, 3.05) is 0 Å². The fourth-order valence-electron chi connectivity index (χ4n) is 21.9. The molecule has 0 aliphatic heterocycles. The number of hydrogen-bond donors (Lipinski definition) is 6. The van der Waals surface area contributed by atoms with Crippen LogP contribution in [0.25, 0.3) is 0 Å². The van der Waals surface area contributed by atoms with E-state index in [0.29, 0.717) is 50.5 Å². The predicted octanol–water partition coefficient (Wildman–Crippen LogP) is -20.0. The van der Waals surface area contributed by atoms with Crippen LogP contribution in [0.5, 0.6) is 0 Å². The van der Waals surface area contributed by atoms with Crippen LogP contribution < -0.4 is 208 Å². The zero-order valence-corrected chi connectivity index (χ0v) is 77.5. The maximum absolute atomic E-state index is 15.4. The molecule has 0 spiro atoms. The van der Waals surface area contributed by atoms with Crippen LogP contribution >= 0.6 is 0 Å². The Morgan fingerprint density at radius 1 is 0.427 bits per heavy atom. The van der Waals surface area contributed by atoms with Gasteiger partial charge in [0, 0.05) is 86.1 Å². The van der Waals surface area contributed by atoms with E-state index in [1.54, 1.807) is 71.9 Å². The second-order valence-electron chi connectivity index (χ2n) is 32.7. The molecule has 25 nitrogen and oxygen atoms in total. The van der Waals surface area contributed by atoms with Gasteiger partial charge in [-0.05, 0) is 206 Å². The molecule has 12 aliphatic rings. The summed E-state index contributed by atoms with van der Waals surface area (Å²) in [5, 5.41) is 135. The number of ketones is 6. The number of carboxylic acids is 6. The first-order valence-electron chi connectivity index (χ1n) is 35.4. The molecule has 0 aromatic carbocycles. The van der Waals surface area contributed by atoms with Crippen molar-refractivity contribution in [2.45, 2.75) is 193 Å². The van der Waals surface area contributed by atoms with Crippen LogP contribution in [-0.4, -0.2) is 148 Å². The van der Waals surface area contributed by atoms with Gasteiger partial charge in [-0.1, -0.05) is 106 Å². The molecule has 110 heavy (non-hydrogen) atoms. The summed E-state index contributed by atoms with van der Waals surface area (Å²) in [4.78, 5) is 144. The number of aliphatic hydroxyl groups excluding tert-OH is 3. The van der Waals surface area contributed by atoms with Crippen molar-refractivity contribution in [2.24, 2.45) is 104 Å². The zero-order valence-electron chi connectivity index (χ0n) is 65.5. The predicted molar refractivity (Wildman–Crippen MR) is 350 cm³/mol. The summed E-state index contributed by atoms with van der Waals surface area (Å²) in [5.41, 5.74) is -5.29. The van der Waals surface area contributed by atoms with E-state index in [1.165, 1.54) is 12.2 Å². The maximum atomic E-state index is 15.4. The van der Waals surface area contributed by atoms with Gasteiger partial charge in [0.05, 0.1) is 0 Å². The van der Waals surface area contributed by atoms with Gasteiger partial charge in [-0.25, -0.2) is 4.39 Å². The Morgan fingerprint density at radius 2 is 0.691 bits per heavy atom. The number of rotatable bonds is 18. The molecule has 0 heterocycles. The second-order valence-corrected chi connectivity index (χ2v) is 32.7. The number of carbonyl (C=O) groups is 12. The van der Waals surface area contributed by atoms with Gasteiger partial charge in [-0.3, -0.25) is 28.8 Å². The molecule has 566 valence electrons. The molecule has 0 aromatic rings. The number of carbonyl (C=O) groups excluding carboxylic acids is 12. The number of aliphatic carboxylic acids is 6. The van der Waals surface area contributed by atoms with Gasteiger partial charge in [0.25, 0.3) is 0 Å². The minimum Gasteiger partial charge on any atom is -0.550 e. The molecular weight excluding hydrogens is 1490 g/mol. The quantitative estimate of drug-likeness (QED) is 0.0548. The van der Waals surface area contributed by atoms with Crippen LogP contribution in [0.15, 0.2) is 106 Å². The van der Waals surface area contributed by atoms with Crippen LogP contribution in [0.4, 0.5) is 4.39 Å². The number of alkyl halides is 1. The summed E-state index contributed by atoms with van der Waals surface area (Å²) >= 11 is 0. The molecule has 0 bridgehead atoms. The van der Waals surface area contributed by atoms with Crippen LogP contribution in [0.1, 0.15) is 152 Å². The van der Waals surface area contributed by atoms with Crippen LogP contribution in [0.2, 0.25) is 0 Å². The molecule has 0 saturated heterocycles. The molecule has 6 saturated carbocycles. The van der Waals surface area contributed by atoms with E-state index >= 15 is 4.39 Å². The van der Waals surface area contributed by atoms with Crippen molar-refractivity contribution in [3.63, 3.8) is 0 Å². The van der Waals surface area contributed by atoms with Gasteiger partial charge < -0.3 is 95.5 Å². The number of halogens is 1. The number of aliphatic hydroxyl groups is 6. The second kappa shape index (κ2) is 37.2. The number of Topliss-reactive ketones (excluding diaryl/α,β-unsaturated/α-hetero) is 3. The summed E-state index contributed by atoms with van der Waals surface area (Å²) < 4.78 is 15.4. The third-order valence-corrected chi connectivity index (χ3v) is 27.7. The van der Waals surface area contributed by atoms with E-state index in [1.807, 2.05) is 37.3 Å². The average molecular weight is 1590 g/mol. The largest absolute Gasteiger partial charge is 1.00 e. The molecule has 0 radical (unpaired) electrons. The van der Waals surface area contributed by atoms with Gasteiger partial charge in [-0.15, -0.1) is 0 Å². The van der Waals surface area contributed by atoms with E-state index in [0.717, 1.165) is 40.7 Å². The Balaban J connectivity index is 0.000000414. The van der Waals surface area contributed by atoms with E-state index < -0.39 is 182 Å². The topological polar surface area (TPSA) is 496 Å².